The number of amides is 2. The van der Waals surface area contributed by atoms with Crippen molar-refractivity contribution in [3.8, 4) is 23.4 Å². The van der Waals surface area contributed by atoms with Crippen LogP contribution in [0, 0.1) is 18.3 Å². The van der Waals surface area contributed by atoms with Crippen LogP contribution < -0.4 is 14.8 Å². The Hall–Kier alpha value is -4.38. The summed E-state index contributed by atoms with van der Waals surface area (Å²) >= 11 is 0. The number of para-hydroxylation sites is 1. The van der Waals surface area contributed by atoms with Crippen LogP contribution in [0.5, 0.6) is 17.4 Å². The van der Waals surface area contributed by atoms with E-state index in [2.05, 4.69) is 10.3 Å². The first kappa shape index (κ1) is 22.3. The zero-order valence-electron chi connectivity index (χ0n) is 18.0. The molecule has 2 amide bonds. The maximum atomic E-state index is 12.9. The third-order valence-corrected chi connectivity index (χ3v) is 4.53. The van der Waals surface area contributed by atoms with Crippen LogP contribution in [-0.4, -0.2) is 42.4 Å². The van der Waals surface area contributed by atoms with Crippen molar-refractivity contribution in [3.63, 3.8) is 0 Å². The first-order valence-corrected chi connectivity index (χ1v) is 9.76. The van der Waals surface area contributed by atoms with Crippen LogP contribution in [0.2, 0.25) is 0 Å². The number of pyridine rings is 1. The van der Waals surface area contributed by atoms with E-state index < -0.39 is 0 Å². The Morgan fingerprint density at radius 2 is 1.91 bits per heavy atom. The van der Waals surface area contributed by atoms with Crippen LogP contribution in [0.1, 0.15) is 21.5 Å². The number of rotatable bonds is 7. The lowest BCUT2D eigenvalue weighted by molar-refractivity contribution is -0.130. The summed E-state index contributed by atoms with van der Waals surface area (Å²) < 4.78 is 11.3. The van der Waals surface area contributed by atoms with Gasteiger partial charge in [-0.15, -0.1) is 0 Å². The number of likely N-dealkylation sites (N-methyl/N-ethyl adjacent to an activating group) is 1. The summed E-state index contributed by atoms with van der Waals surface area (Å²) in [6.45, 7) is 1.66. The largest absolute Gasteiger partial charge is 0.483 e. The first-order valence-electron chi connectivity index (χ1n) is 9.76. The number of aromatic nitrogens is 1. The van der Waals surface area contributed by atoms with Crippen LogP contribution in [0.15, 0.2) is 60.8 Å². The second kappa shape index (κ2) is 10.1. The Morgan fingerprint density at radius 1 is 1.12 bits per heavy atom. The zero-order chi connectivity index (χ0) is 23.1. The van der Waals surface area contributed by atoms with Crippen molar-refractivity contribution in [1.82, 2.24) is 9.88 Å². The smallest absolute Gasteiger partial charge is 0.259 e. The summed E-state index contributed by atoms with van der Waals surface area (Å²) in [6.07, 6.45) is 1.54. The second-order valence-corrected chi connectivity index (χ2v) is 7.07. The Labute approximate surface area is 186 Å². The lowest BCUT2D eigenvalue weighted by Crippen LogP contribution is -2.28. The van der Waals surface area contributed by atoms with Gasteiger partial charge in [-0.3, -0.25) is 9.59 Å². The minimum atomic E-state index is -0.369. The average molecular weight is 430 g/mol. The molecule has 1 N–H and O–H groups in total. The minimum Gasteiger partial charge on any atom is -0.483 e. The molecule has 162 valence electrons. The molecule has 0 atom stereocenters. The van der Waals surface area contributed by atoms with E-state index in [0.29, 0.717) is 28.3 Å². The molecule has 0 aliphatic rings. The fourth-order valence-corrected chi connectivity index (χ4v) is 2.75. The molecule has 3 rings (SSSR count). The van der Waals surface area contributed by atoms with Gasteiger partial charge in [0.2, 0.25) is 5.88 Å². The quantitative estimate of drug-likeness (QED) is 0.612. The van der Waals surface area contributed by atoms with Crippen molar-refractivity contribution in [2.75, 3.05) is 26.0 Å². The predicted octanol–water partition coefficient (Wildman–Crippen LogP) is 3.77. The van der Waals surface area contributed by atoms with Crippen molar-refractivity contribution < 1.29 is 19.1 Å². The normalized spacial score (nSPS) is 10.1. The third kappa shape index (κ3) is 5.40. The SMILES string of the molecule is Cc1cc(Oc2ncccc2C#N)ccc1NC(=O)c1ccccc1OCC(=O)N(C)C. The molecule has 0 aliphatic heterocycles. The number of anilines is 1. The number of carbonyl (C=O) groups is 2. The molecule has 0 spiro atoms. The van der Waals surface area contributed by atoms with Crippen LogP contribution >= 0.6 is 0 Å². The molecule has 0 saturated carbocycles. The van der Waals surface area contributed by atoms with Crippen molar-refractivity contribution in [3.05, 3.63) is 77.5 Å². The predicted molar refractivity (Wildman–Crippen MR) is 119 cm³/mol. The number of hydrogen-bond acceptors (Lipinski definition) is 6. The van der Waals surface area contributed by atoms with Gasteiger partial charge in [-0.2, -0.15) is 5.26 Å². The highest BCUT2D eigenvalue weighted by Crippen LogP contribution is 2.27. The monoisotopic (exact) mass is 430 g/mol. The first-order chi connectivity index (χ1) is 15.4. The summed E-state index contributed by atoms with van der Waals surface area (Å²) in [6, 6.07) is 17.2. The van der Waals surface area contributed by atoms with Gasteiger partial charge >= 0.3 is 0 Å². The van der Waals surface area contributed by atoms with Gasteiger partial charge in [-0.05, 0) is 55.0 Å². The van der Waals surface area contributed by atoms with Crippen LogP contribution in [0.3, 0.4) is 0 Å². The Morgan fingerprint density at radius 3 is 2.62 bits per heavy atom. The van der Waals surface area contributed by atoms with Gasteiger partial charge in [0.25, 0.3) is 11.8 Å². The summed E-state index contributed by atoms with van der Waals surface area (Å²) in [4.78, 5) is 30.2. The summed E-state index contributed by atoms with van der Waals surface area (Å²) in [5.41, 5.74) is 1.98. The Balaban J connectivity index is 1.73. The number of hydrogen-bond donors (Lipinski definition) is 1. The van der Waals surface area contributed by atoms with Gasteiger partial charge in [0.1, 0.15) is 23.1 Å². The molecule has 1 aromatic heterocycles. The maximum Gasteiger partial charge on any atom is 0.259 e. The number of ether oxygens (including phenoxy) is 2. The fourth-order valence-electron chi connectivity index (χ4n) is 2.75. The van der Waals surface area contributed by atoms with E-state index in [9.17, 15) is 14.9 Å². The average Bonchev–Trinajstić information content (AvgIpc) is 2.79. The topological polar surface area (TPSA) is 105 Å². The molecule has 0 unspecified atom stereocenters. The molecule has 2 aromatic carbocycles. The number of nitrogens with one attached hydrogen (secondary N) is 1. The molecule has 0 aliphatic carbocycles. The Bertz CT molecular complexity index is 1180. The molecular formula is C24H22N4O4. The highest BCUT2D eigenvalue weighted by molar-refractivity contribution is 6.06. The van der Waals surface area contributed by atoms with E-state index in [1.807, 2.05) is 13.0 Å². The molecule has 8 nitrogen and oxygen atoms in total. The van der Waals surface area contributed by atoms with Crippen LogP contribution in [0.4, 0.5) is 5.69 Å². The van der Waals surface area contributed by atoms with E-state index in [4.69, 9.17) is 9.47 Å². The highest BCUT2D eigenvalue weighted by Gasteiger charge is 2.15. The summed E-state index contributed by atoms with van der Waals surface area (Å²) in [5.74, 6) is 0.438. The molecule has 3 aromatic rings. The van der Waals surface area contributed by atoms with Gasteiger partial charge < -0.3 is 19.7 Å². The number of nitrogens with zero attached hydrogens (tertiary/aromatic N) is 3. The highest BCUT2D eigenvalue weighted by atomic mass is 16.5. The maximum absolute atomic E-state index is 12.9. The number of aryl methyl sites for hydroxylation is 1. The van der Waals surface area contributed by atoms with Crippen molar-refractivity contribution in [2.45, 2.75) is 6.92 Å². The van der Waals surface area contributed by atoms with E-state index >= 15 is 0 Å². The van der Waals surface area contributed by atoms with Gasteiger partial charge in [0.15, 0.2) is 6.61 Å². The molecule has 32 heavy (non-hydrogen) atoms. The van der Waals surface area contributed by atoms with Crippen molar-refractivity contribution in [1.29, 1.82) is 5.26 Å². The molecule has 0 radical (unpaired) electrons. The molecule has 0 saturated heterocycles. The molecule has 8 heteroatoms. The molecule has 1 heterocycles. The second-order valence-electron chi connectivity index (χ2n) is 7.07. The number of nitriles is 1. The van der Waals surface area contributed by atoms with Gasteiger partial charge in [-0.1, -0.05) is 12.1 Å². The van der Waals surface area contributed by atoms with Gasteiger partial charge in [0, 0.05) is 26.0 Å². The molecule has 0 fully saturated rings. The van der Waals surface area contributed by atoms with E-state index in [0.717, 1.165) is 5.56 Å². The van der Waals surface area contributed by atoms with Gasteiger partial charge in [-0.25, -0.2) is 4.98 Å². The Kier molecular flexibility index (Phi) is 7.03. The lowest BCUT2D eigenvalue weighted by Gasteiger charge is -2.15. The van der Waals surface area contributed by atoms with E-state index in [1.54, 1.807) is 74.9 Å². The van der Waals surface area contributed by atoms with Gasteiger partial charge in [0.05, 0.1) is 5.56 Å². The van der Waals surface area contributed by atoms with E-state index in [1.165, 1.54) is 4.90 Å². The fraction of sp³-hybridized carbons (Fsp3) is 0.167. The molecule has 0 bridgehead atoms. The summed E-state index contributed by atoms with van der Waals surface area (Å²) in [7, 11) is 3.27. The third-order valence-electron chi connectivity index (χ3n) is 4.53. The van der Waals surface area contributed by atoms with Crippen LogP contribution in [0.25, 0.3) is 0 Å². The van der Waals surface area contributed by atoms with Crippen molar-refractivity contribution >= 4 is 17.5 Å². The summed E-state index contributed by atoms with van der Waals surface area (Å²) in [5, 5.41) is 12.0. The standard InChI is InChI=1S/C24H22N4O4/c1-16-13-18(32-24-17(14-25)7-6-12-26-24)10-11-20(16)27-23(30)19-8-4-5-9-21(19)31-15-22(29)28(2)3/h4-13H,15H2,1-3H3,(H,27,30). The van der Waals surface area contributed by atoms with E-state index in [-0.39, 0.29) is 24.3 Å². The number of benzene rings is 2. The van der Waals surface area contributed by atoms with Crippen LogP contribution in [-0.2, 0) is 4.79 Å². The molecular weight excluding hydrogens is 408 g/mol. The lowest BCUT2D eigenvalue weighted by atomic mass is 10.1. The zero-order valence-corrected chi connectivity index (χ0v) is 18.0. The number of carbonyl (C=O) groups excluding carboxylic acids is 2. The minimum absolute atomic E-state index is 0.166. The van der Waals surface area contributed by atoms with Crippen molar-refractivity contribution in [2.24, 2.45) is 0 Å².